The molecule has 0 aromatic carbocycles. The van der Waals surface area contributed by atoms with Crippen LogP contribution in [0.5, 0.6) is 0 Å². The zero-order chi connectivity index (χ0) is 15.8. The second-order valence-electron chi connectivity index (χ2n) is 5.56. The Morgan fingerprint density at radius 2 is 2.19 bits per heavy atom. The van der Waals surface area contributed by atoms with E-state index in [1.165, 1.54) is 24.7 Å². The van der Waals surface area contributed by atoms with Gasteiger partial charge in [-0.05, 0) is 13.8 Å². The van der Waals surface area contributed by atoms with E-state index in [1.807, 2.05) is 0 Å². The van der Waals surface area contributed by atoms with Gasteiger partial charge in [0, 0.05) is 13.1 Å². The summed E-state index contributed by atoms with van der Waals surface area (Å²) < 4.78 is 45.0. The van der Waals surface area contributed by atoms with Gasteiger partial charge in [0.1, 0.15) is 5.82 Å². The zero-order valence-electron chi connectivity index (χ0n) is 11.9. The highest BCUT2D eigenvalue weighted by Gasteiger charge is 2.49. The van der Waals surface area contributed by atoms with Crippen molar-refractivity contribution in [3.63, 3.8) is 0 Å². The second-order valence-corrected chi connectivity index (χ2v) is 5.56. The molecule has 0 saturated carbocycles. The number of nitrogens with one attached hydrogen (secondary N) is 1. The molecule has 2 rings (SSSR count). The number of urea groups is 1. The summed E-state index contributed by atoms with van der Waals surface area (Å²) in [6.45, 7) is 2.59. The van der Waals surface area contributed by atoms with Crippen molar-refractivity contribution in [2.24, 2.45) is 7.05 Å². The molecular formula is C12H17F3N4O2. The number of alkyl halides is 3. The van der Waals surface area contributed by atoms with Crippen molar-refractivity contribution < 1.29 is 22.7 Å². The van der Waals surface area contributed by atoms with E-state index in [4.69, 9.17) is 4.74 Å². The normalized spacial score (nSPS) is 22.2. The molecule has 2 amide bonds. The molecule has 0 bridgehead atoms. The van der Waals surface area contributed by atoms with Gasteiger partial charge in [-0.3, -0.25) is 10.00 Å². The highest BCUT2D eigenvalue weighted by atomic mass is 19.4. The topological polar surface area (TPSA) is 59.4 Å². The van der Waals surface area contributed by atoms with Gasteiger partial charge >= 0.3 is 12.2 Å². The van der Waals surface area contributed by atoms with E-state index < -0.39 is 30.5 Å². The molecule has 1 aromatic heterocycles. The minimum absolute atomic E-state index is 0.0727. The molecule has 2 heterocycles. The Morgan fingerprint density at radius 3 is 2.71 bits per heavy atom. The SMILES string of the molecule is Cn1nccc1NC(=O)N1C[C@H](C(F)(F)F)OC(C)(C)C1. The highest BCUT2D eigenvalue weighted by Crippen LogP contribution is 2.31. The summed E-state index contributed by atoms with van der Waals surface area (Å²) in [7, 11) is 1.62. The number of ether oxygens (including phenoxy) is 1. The Labute approximate surface area is 119 Å². The van der Waals surface area contributed by atoms with E-state index in [0.717, 1.165) is 4.90 Å². The fourth-order valence-electron chi connectivity index (χ4n) is 2.19. The van der Waals surface area contributed by atoms with Crippen LogP contribution in [-0.2, 0) is 11.8 Å². The molecule has 0 aliphatic carbocycles. The Hall–Kier alpha value is -1.77. The third-order valence-corrected chi connectivity index (χ3v) is 3.13. The second kappa shape index (κ2) is 5.21. The summed E-state index contributed by atoms with van der Waals surface area (Å²) in [6.07, 6.45) is -5.02. The average molecular weight is 306 g/mol. The van der Waals surface area contributed by atoms with Crippen LogP contribution in [0.2, 0.25) is 0 Å². The first-order valence-corrected chi connectivity index (χ1v) is 6.37. The fraction of sp³-hybridized carbons (Fsp3) is 0.667. The van der Waals surface area contributed by atoms with Crippen LogP contribution in [0.3, 0.4) is 0 Å². The molecule has 21 heavy (non-hydrogen) atoms. The van der Waals surface area contributed by atoms with Gasteiger partial charge in [-0.2, -0.15) is 18.3 Å². The van der Waals surface area contributed by atoms with E-state index >= 15 is 0 Å². The molecule has 1 fully saturated rings. The van der Waals surface area contributed by atoms with Gasteiger partial charge in [0.05, 0.1) is 24.9 Å². The molecule has 9 heteroatoms. The van der Waals surface area contributed by atoms with Crippen molar-refractivity contribution in [1.82, 2.24) is 14.7 Å². The smallest absolute Gasteiger partial charge is 0.359 e. The molecule has 1 aliphatic heterocycles. The van der Waals surface area contributed by atoms with Gasteiger partial charge in [0.2, 0.25) is 0 Å². The van der Waals surface area contributed by atoms with Crippen LogP contribution in [0, 0.1) is 0 Å². The zero-order valence-corrected chi connectivity index (χ0v) is 11.9. The van der Waals surface area contributed by atoms with E-state index in [2.05, 4.69) is 10.4 Å². The molecule has 118 valence electrons. The molecule has 1 aromatic rings. The maximum atomic E-state index is 12.9. The molecule has 1 atom stereocenters. The quantitative estimate of drug-likeness (QED) is 0.863. The van der Waals surface area contributed by atoms with Gasteiger partial charge in [-0.25, -0.2) is 4.79 Å². The Kier molecular flexibility index (Phi) is 3.87. The number of rotatable bonds is 1. The molecule has 0 radical (unpaired) electrons. The standard InChI is InChI=1S/C12H17F3N4O2/c1-11(2)7-19(6-8(21-11)12(13,14)15)10(20)17-9-4-5-16-18(9)3/h4-5,8H,6-7H2,1-3H3,(H,17,20)/t8-/m1/s1. The molecule has 1 saturated heterocycles. The number of nitrogens with zero attached hydrogens (tertiary/aromatic N) is 3. The lowest BCUT2D eigenvalue weighted by molar-refractivity contribution is -0.267. The largest absolute Gasteiger partial charge is 0.416 e. The van der Waals surface area contributed by atoms with Crippen molar-refractivity contribution in [1.29, 1.82) is 0 Å². The minimum atomic E-state index is -4.51. The number of carbonyl (C=O) groups is 1. The van der Waals surface area contributed by atoms with Crippen LogP contribution in [0.25, 0.3) is 0 Å². The number of anilines is 1. The van der Waals surface area contributed by atoms with Crippen LogP contribution < -0.4 is 5.32 Å². The summed E-state index contributed by atoms with van der Waals surface area (Å²) in [5.74, 6) is 0.410. The number of aryl methyl sites for hydroxylation is 1. The maximum Gasteiger partial charge on any atom is 0.416 e. The number of halogens is 3. The van der Waals surface area contributed by atoms with Gasteiger partial charge < -0.3 is 9.64 Å². The first kappa shape index (κ1) is 15.6. The molecule has 0 unspecified atom stereocenters. The van der Waals surface area contributed by atoms with Crippen molar-refractivity contribution in [3.8, 4) is 0 Å². The van der Waals surface area contributed by atoms with Crippen molar-refractivity contribution in [3.05, 3.63) is 12.3 Å². The number of aromatic nitrogens is 2. The highest BCUT2D eigenvalue weighted by molar-refractivity contribution is 5.88. The molecule has 0 spiro atoms. The van der Waals surface area contributed by atoms with Gasteiger partial charge in [0.15, 0.2) is 6.10 Å². The first-order valence-electron chi connectivity index (χ1n) is 6.37. The fourth-order valence-corrected chi connectivity index (χ4v) is 2.19. The van der Waals surface area contributed by atoms with Crippen LogP contribution >= 0.6 is 0 Å². The Balaban J connectivity index is 2.11. The average Bonchev–Trinajstić information content (AvgIpc) is 2.72. The molecular weight excluding hydrogens is 289 g/mol. The van der Waals surface area contributed by atoms with Crippen LogP contribution in [0.15, 0.2) is 12.3 Å². The Bertz CT molecular complexity index is 527. The summed E-state index contributed by atoms with van der Waals surface area (Å²) >= 11 is 0. The molecule has 6 nitrogen and oxygen atoms in total. The number of hydrogen-bond donors (Lipinski definition) is 1. The monoisotopic (exact) mass is 306 g/mol. The number of carbonyl (C=O) groups excluding carboxylic acids is 1. The van der Waals surface area contributed by atoms with Crippen LogP contribution in [0.4, 0.5) is 23.8 Å². The Morgan fingerprint density at radius 1 is 1.52 bits per heavy atom. The summed E-state index contributed by atoms with van der Waals surface area (Å²) in [5.41, 5.74) is -1.07. The predicted molar refractivity (Wildman–Crippen MR) is 68.8 cm³/mol. The third kappa shape index (κ3) is 3.66. The molecule has 1 N–H and O–H groups in total. The summed E-state index contributed by atoms with van der Waals surface area (Å²) in [5, 5.41) is 6.41. The number of amides is 2. The van der Waals surface area contributed by atoms with Crippen molar-refractivity contribution >= 4 is 11.8 Å². The van der Waals surface area contributed by atoms with Crippen molar-refractivity contribution in [2.75, 3.05) is 18.4 Å². The third-order valence-electron chi connectivity index (χ3n) is 3.13. The van der Waals surface area contributed by atoms with Crippen molar-refractivity contribution in [2.45, 2.75) is 31.7 Å². The number of hydrogen-bond acceptors (Lipinski definition) is 3. The van der Waals surface area contributed by atoms with E-state index in [1.54, 1.807) is 13.1 Å². The lowest BCUT2D eigenvalue weighted by Gasteiger charge is -2.42. The predicted octanol–water partition coefficient (Wildman–Crippen LogP) is 1.99. The van der Waals surface area contributed by atoms with Crippen LogP contribution in [0.1, 0.15) is 13.8 Å². The van der Waals surface area contributed by atoms with E-state index in [0.29, 0.717) is 5.82 Å². The number of morpholine rings is 1. The summed E-state index contributed by atoms with van der Waals surface area (Å²) in [6, 6.07) is 0.953. The van der Waals surface area contributed by atoms with Gasteiger partial charge in [-0.15, -0.1) is 0 Å². The molecule has 1 aliphatic rings. The maximum absolute atomic E-state index is 12.9. The minimum Gasteiger partial charge on any atom is -0.359 e. The van der Waals surface area contributed by atoms with Gasteiger partial charge in [0.25, 0.3) is 0 Å². The summed E-state index contributed by atoms with van der Waals surface area (Å²) in [4.78, 5) is 13.2. The van der Waals surface area contributed by atoms with E-state index in [9.17, 15) is 18.0 Å². The lowest BCUT2D eigenvalue weighted by Crippen LogP contribution is -2.59. The van der Waals surface area contributed by atoms with Gasteiger partial charge in [-0.1, -0.05) is 0 Å². The lowest BCUT2D eigenvalue weighted by atomic mass is 10.1. The van der Waals surface area contributed by atoms with Crippen LogP contribution in [-0.4, -0.2) is 51.7 Å². The first-order chi connectivity index (χ1) is 9.58. The van der Waals surface area contributed by atoms with E-state index in [-0.39, 0.29) is 6.54 Å².